The Morgan fingerprint density at radius 2 is 2.00 bits per heavy atom. The van der Waals surface area contributed by atoms with E-state index < -0.39 is 0 Å². The normalized spacial score (nSPS) is 9.25. The Hall–Kier alpha value is -1.38. The molecule has 0 spiro atoms. The predicted octanol–water partition coefficient (Wildman–Crippen LogP) is 2.06. The Morgan fingerprint density at radius 3 is 2.67 bits per heavy atom. The Morgan fingerprint density at radius 1 is 1.25 bits per heavy atom. The molecule has 0 radical (unpaired) electrons. The highest BCUT2D eigenvalue weighted by atomic mass is 15.1. The van der Waals surface area contributed by atoms with Crippen molar-refractivity contribution in [3.05, 3.63) is 30.5 Å². The number of nitrogens with zero attached hydrogens (tertiary/aromatic N) is 3. The van der Waals surface area contributed by atoms with E-state index in [2.05, 4.69) is 9.97 Å². The Labute approximate surface area is 72.1 Å². The first kappa shape index (κ1) is 8.71. The van der Waals surface area contributed by atoms with E-state index in [0.29, 0.717) is 0 Å². The summed E-state index contributed by atoms with van der Waals surface area (Å²) in [5.41, 5.74) is 0.951. The standard InChI is InChI=1S/C7H7N3.C2H6/c1-6-8-5-9-7-3-2-4-10(6)7;1-2/h2-5H,1H3;1-2H3. The maximum Gasteiger partial charge on any atom is 0.139 e. The van der Waals surface area contributed by atoms with Crippen LogP contribution < -0.4 is 0 Å². The summed E-state index contributed by atoms with van der Waals surface area (Å²) in [6.07, 6.45) is 3.52. The quantitative estimate of drug-likeness (QED) is 0.595. The summed E-state index contributed by atoms with van der Waals surface area (Å²) in [7, 11) is 0. The minimum atomic E-state index is 0.951. The molecule has 0 aliphatic rings. The molecule has 0 aliphatic heterocycles. The van der Waals surface area contributed by atoms with Gasteiger partial charge in [-0.2, -0.15) is 0 Å². The molecule has 0 amide bonds. The van der Waals surface area contributed by atoms with Crippen molar-refractivity contribution in [1.82, 2.24) is 14.4 Å². The molecule has 0 aromatic carbocycles. The minimum absolute atomic E-state index is 0.951. The lowest BCUT2D eigenvalue weighted by Crippen LogP contribution is -1.93. The van der Waals surface area contributed by atoms with Gasteiger partial charge in [-0.15, -0.1) is 0 Å². The molecule has 0 fully saturated rings. The maximum absolute atomic E-state index is 4.05. The number of hydrogen-bond acceptors (Lipinski definition) is 2. The van der Waals surface area contributed by atoms with Crippen LogP contribution in [0.4, 0.5) is 0 Å². The highest BCUT2D eigenvalue weighted by molar-refractivity contribution is 5.37. The fraction of sp³-hybridized carbons (Fsp3) is 0.333. The molecule has 2 rings (SSSR count). The van der Waals surface area contributed by atoms with Gasteiger partial charge < -0.3 is 0 Å². The van der Waals surface area contributed by atoms with Gasteiger partial charge in [0.25, 0.3) is 0 Å². The number of rotatable bonds is 0. The third-order valence-electron chi connectivity index (χ3n) is 1.51. The average Bonchev–Trinajstić information content (AvgIpc) is 2.57. The summed E-state index contributed by atoms with van der Waals surface area (Å²) in [6, 6.07) is 3.91. The molecular formula is C9H13N3. The van der Waals surface area contributed by atoms with Gasteiger partial charge in [0.1, 0.15) is 17.8 Å². The Bertz CT molecular complexity index is 351. The lowest BCUT2D eigenvalue weighted by Gasteiger charge is -1.95. The van der Waals surface area contributed by atoms with E-state index in [1.54, 1.807) is 6.33 Å². The van der Waals surface area contributed by atoms with Crippen LogP contribution in [-0.4, -0.2) is 14.4 Å². The second-order valence-corrected chi connectivity index (χ2v) is 2.16. The van der Waals surface area contributed by atoms with Gasteiger partial charge in [0.15, 0.2) is 0 Å². The van der Waals surface area contributed by atoms with Gasteiger partial charge in [-0.05, 0) is 19.1 Å². The van der Waals surface area contributed by atoms with Gasteiger partial charge >= 0.3 is 0 Å². The molecule has 2 heterocycles. The summed E-state index contributed by atoms with van der Waals surface area (Å²) in [4.78, 5) is 8.09. The fourth-order valence-corrected chi connectivity index (χ4v) is 0.984. The molecule has 0 N–H and O–H groups in total. The van der Waals surface area contributed by atoms with Crippen LogP contribution in [0.2, 0.25) is 0 Å². The van der Waals surface area contributed by atoms with Crippen molar-refractivity contribution >= 4 is 5.65 Å². The van der Waals surface area contributed by atoms with E-state index in [1.807, 2.05) is 43.5 Å². The Balaban J connectivity index is 0.000000336. The molecular weight excluding hydrogens is 150 g/mol. The van der Waals surface area contributed by atoms with Crippen LogP contribution in [-0.2, 0) is 0 Å². The van der Waals surface area contributed by atoms with Gasteiger partial charge in [0.05, 0.1) is 0 Å². The third kappa shape index (κ3) is 1.44. The van der Waals surface area contributed by atoms with Crippen molar-refractivity contribution in [2.75, 3.05) is 0 Å². The molecule has 2 aromatic heterocycles. The second-order valence-electron chi connectivity index (χ2n) is 2.16. The molecule has 12 heavy (non-hydrogen) atoms. The van der Waals surface area contributed by atoms with E-state index in [4.69, 9.17) is 0 Å². The number of hydrogen-bond donors (Lipinski definition) is 0. The predicted molar refractivity (Wildman–Crippen MR) is 49.1 cm³/mol. The highest BCUT2D eigenvalue weighted by Gasteiger charge is 1.93. The zero-order chi connectivity index (χ0) is 8.97. The van der Waals surface area contributed by atoms with Crippen LogP contribution >= 0.6 is 0 Å². The lowest BCUT2D eigenvalue weighted by atomic mass is 10.6. The van der Waals surface area contributed by atoms with Crippen molar-refractivity contribution < 1.29 is 0 Å². The van der Waals surface area contributed by atoms with Gasteiger partial charge in [-0.25, -0.2) is 9.97 Å². The van der Waals surface area contributed by atoms with E-state index >= 15 is 0 Å². The topological polar surface area (TPSA) is 30.2 Å². The molecule has 2 aromatic rings. The van der Waals surface area contributed by atoms with Crippen LogP contribution in [0, 0.1) is 6.92 Å². The summed E-state index contributed by atoms with van der Waals surface area (Å²) in [6.45, 7) is 5.95. The van der Waals surface area contributed by atoms with E-state index in [0.717, 1.165) is 11.5 Å². The lowest BCUT2D eigenvalue weighted by molar-refractivity contribution is 0.946. The SMILES string of the molecule is CC.Cc1ncnc2cccn12. The Kier molecular flexibility index (Phi) is 2.80. The van der Waals surface area contributed by atoms with Crippen molar-refractivity contribution in [2.45, 2.75) is 20.8 Å². The van der Waals surface area contributed by atoms with E-state index in [1.165, 1.54) is 0 Å². The molecule has 0 atom stereocenters. The highest BCUT2D eigenvalue weighted by Crippen LogP contribution is 2.00. The first-order valence-corrected chi connectivity index (χ1v) is 4.12. The number of aryl methyl sites for hydroxylation is 1. The largest absolute Gasteiger partial charge is 0.290 e. The number of aromatic nitrogens is 3. The van der Waals surface area contributed by atoms with Crippen LogP contribution in [0.1, 0.15) is 19.7 Å². The molecule has 0 unspecified atom stereocenters. The molecule has 3 nitrogen and oxygen atoms in total. The molecule has 0 aliphatic carbocycles. The smallest absolute Gasteiger partial charge is 0.139 e. The van der Waals surface area contributed by atoms with Gasteiger partial charge in [0.2, 0.25) is 0 Å². The van der Waals surface area contributed by atoms with Crippen molar-refractivity contribution in [2.24, 2.45) is 0 Å². The zero-order valence-corrected chi connectivity index (χ0v) is 7.65. The van der Waals surface area contributed by atoms with Crippen molar-refractivity contribution in [1.29, 1.82) is 0 Å². The summed E-state index contributed by atoms with van der Waals surface area (Å²) < 4.78 is 1.94. The van der Waals surface area contributed by atoms with Crippen molar-refractivity contribution in [3.8, 4) is 0 Å². The molecule has 0 bridgehead atoms. The first-order valence-electron chi connectivity index (χ1n) is 4.12. The average molecular weight is 163 g/mol. The van der Waals surface area contributed by atoms with E-state index in [-0.39, 0.29) is 0 Å². The third-order valence-corrected chi connectivity index (χ3v) is 1.51. The van der Waals surface area contributed by atoms with Gasteiger partial charge in [-0.1, -0.05) is 13.8 Å². The van der Waals surface area contributed by atoms with Gasteiger partial charge in [0, 0.05) is 6.20 Å². The molecule has 0 saturated carbocycles. The molecule has 0 saturated heterocycles. The summed E-state index contributed by atoms with van der Waals surface area (Å²) in [5.74, 6) is 0.968. The first-order chi connectivity index (χ1) is 5.88. The maximum atomic E-state index is 4.05. The van der Waals surface area contributed by atoms with Crippen molar-refractivity contribution in [3.63, 3.8) is 0 Å². The monoisotopic (exact) mass is 163 g/mol. The van der Waals surface area contributed by atoms with Crippen LogP contribution in [0.25, 0.3) is 5.65 Å². The van der Waals surface area contributed by atoms with Gasteiger partial charge in [-0.3, -0.25) is 4.40 Å². The second kappa shape index (κ2) is 3.85. The zero-order valence-electron chi connectivity index (χ0n) is 7.65. The molecule has 64 valence electrons. The summed E-state index contributed by atoms with van der Waals surface area (Å²) >= 11 is 0. The molecule has 3 heteroatoms. The minimum Gasteiger partial charge on any atom is -0.290 e. The fourth-order valence-electron chi connectivity index (χ4n) is 0.984. The van der Waals surface area contributed by atoms with E-state index in [9.17, 15) is 0 Å². The summed E-state index contributed by atoms with van der Waals surface area (Å²) in [5, 5.41) is 0. The number of fused-ring (bicyclic) bond motifs is 1. The van der Waals surface area contributed by atoms with Crippen LogP contribution in [0.5, 0.6) is 0 Å². The van der Waals surface area contributed by atoms with Crippen LogP contribution in [0.15, 0.2) is 24.7 Å². The van der Waals surface area contributed by atoms with Crippen LogP contribution in [0.3, 0.4) is 0 Å².